The summed E-state index contributed by atoms with van der Waals surface area (Å²) in [5.74, 6) is 0.200. The fourth-order valence-corrected chi connectivity index (χ4v) is 5.36. The number of benzene rings is 2. The second-order valence-corrected chi connectivity index (χ2v) is 11.5. The van der Waals surface area contributed by atoms with Crippen LogP contribution in [0.1, 0.15) is 80.9 Å². The van der Waals surface area contributed by atoms with Crippen molar-refractivity contribution in [3.63, 3.8) is 0 Å². The molecule has 33 heavy (non-hydrogen) atoms. The Hall–Kier alpha value is -2.38. The number of carbonyl (C=O) groups excluding carboxylic acids is 1. The van der Waals surface area contributed by atoms with E-state index in [-0.39, 0.29) is 21.8 Å². The number of hydrogen-bond donors (Lipinski definition) is 1. The molecule has 0 aromatic heterocycles. The van der Waals surface area contributed by atoms with E-state index in [4.69, 9.17) is 4.74 Å². The number of nitrogens with one attached hydrogen (secondary N) is 1. The maximum Gasteiger partial charge on any atom is 0.257 e. The van der Waals surface area contributed by atoms with E-state index >= 15 is 0 Å². The van der Waals surface area contributed by atoms with Gasteiger partial charge in [-0.15, -0.1) is 0 Å². The zero-order chi connectivity index (χ0) is 24.2. The van der Waals surface area contributed by atoms with Gasteiger partial charge in [-0.2, -0.15) is 0 Å². The molecule has 0 bridgehead atoms. The van der Waals surface area contributed by atoms with E-state index in [9.17, 15) is 13.2 Å². The highest BCUT2D eigenvalue weighted by Gasteiger charge is 2.25. The molecular formula is C26H36N2O4S. The van der Waals surface area contributed by atoms with Gasteiger partial charge in [0.15, 0.2) is 0 Å². The molecule has 1 amide bonds. The normalized spacial score (nSPS) is 16.2. The Balaban J connectivity index is 1.84. The number of amides is 1. The van der Waals surface area contributed by atoms with Crippen molar-refractivity contribution in [1.82, 2.24) is 9.62 Å². The SMILES string of the molecule is COc1ccc(S(=O)(=O)N[C@H](C)c2ccc(C(C)(C)C)cc2)cc1C(=O)N1CCCCCC1. The molecule has 1 aliphatic rings. The van der Waals surface area contributed by atoms with Crippen molar-refractivity contribution in [3.8, 4) is 5.75 Å². The molecule has 3 rings (SSSR count). The van der Waals surface area contributed by atoms with E-state index in [0.29, 0.717) is 18.8 Å². The molecule has 0 radical (unpaired) electrons. The number of methoxy groups -OCH3 is 1. The predicted octanol–water partition coefficient (Wildman–Crippen LogP) is 5.05. The van der Waals surface area contributed by atoms with Gasteiger partial charge in [0.1, 0.15) is 5.75 Å². The molecule has 1 heterocycles. The average molecular weight is 473 g/mol. The van der Waals surface area contributed by atoms with Crippen molar-refractivity contribution in [2.75, 3.05) is 20.2 Å². The lowest BCUT2D eigenvalue weighted by Crippen LogP contribution is -2.32. The van der Waals surface area contributed by atoms with Crippen LogP contribution in [0.4, 0.5) is 0 Å². The minimum absolute atomic E-state index is 0.0285. The van der Waals surface area contributed by atoms with Gasteiger partial charge in [-0.3, -0.25) is 4.79 Å². The topological polar surface area (TPSA) is 75.7 Å². The summed E-state index contributed by atoms with van der Waals surface area (Å²) in [6, 6.07) is 12.0. The maximum absolute atomic E-state index is 13.2. The lowest BCUT2D eigenvalue weighted by molar-refractivity contribution is 0.0758. The third kappa shape index (κ3) is 6.15. The summed E-state index contributed by atoms with van der Waals surface area (Å²) in [5, 5.41) is 0. The molecule has 1 fully saturated rings. The van der Waals surface area contributed by atoms with E-state index < -0.39 is 16.1 Å². The predicted molar refractivity (Wildman–Crippen MR) is 131 cm³/mol. The molecule has 1 aliphatic heterocycles. The van der Waals surface area contributed by atoms with Crippen molar-refractivity contribution < 1.29 is 17.9 Å². The number of ether oxygens (including phenoxy) is 1. The summed E-state index contributed by atoms with van der Waals surface area (Å²) in [4.78, 5) is 15.1. The first-order valence-electron chi connectivity index (χ1n) is 11.6. The quantitative estimate of drug-likeness (QED) is 0.638. The van der Waals surface area contributed by atoms with Crippen LogP contribution in [0.3, 0.4) is 0 Å². The van der Waals surface area contributed by atoms with Gasteiger partial charge in [-0.25, -0.2) is 13.1 Å². The highest BCUT2D eigenvalue weighted by molar-refractivity contribution is 7.89. The lowest BCUT2D eigenvalue weighted by Gasteiger charge is -2.22. The van der Waals surface area contributed by atoms with Gasteiger partial charge >= 0.3 is 0 Å². The van der Waals surface area contributed by atoms with Crippen LogP contribution >= 0.6 is 0 Å². The molecule has 0 saturated carbocycles. The van der Waals surface area contributed by atoms with Crippen LogP contribution in [0.2, 0.25) is 0 Å². The van der Waals surface area contributed by atoms with E-state index in [0.717, 1.165) is 31.2 Å². The van der Waals surface area contributed by atoms with E-state index in [1.165, 1.54) is 24.8 Å². The summed E-state index contributed by atoms with van der Waals surface area (Å²) in [6.45, 7) is 9.60. The molecular weight excluding hydrogens is 436 g/mol. The number of nitrogens with zero attached hydrogens (tertiary/aromatic N) is 1. The Morgan fingerprint density at radius 2 is 1.61 bits per heavy atom. The summed E-state index contributed by atoms with van der Waals surface area (Å²) >= 11 is 0. The molecule has 0 aliphatic carbocycles. The second kappa shape index (κ2) is 10.3. The highest BCUT2D eigenvalue weighted by Crippen LogP contribution is 2.27. The number of hydrogen-bond acceptors (Lipinski definition) is 4. The van der Waals surface area contributed by atoms with Crippen molar-refractivity contribution in [2.45, 2.75) is 69.7 Å². The third-order valence-electron chi connectivity index (χ3n) is 6.21. The summed E-state index contributed by atoms with van der Waals surface area (Å²) in [7, 11) is -2.35. The summed E-state index contributed by atoms with van der Waals surface area (Å²) in [6.07, 6.45) is 4.12. The maximum atomic E-state index is 13.2. The van der Waals surface area contributed by atoms with Gasteiger partial charge in [0.2, 0.25) is 10.0 Å². The van der Waals surface area contributed by atoms with Crippen LogP contribution in [0.25, 0.3) is 0 Å². The molecule has 1 atom stereocenters. The van der Waals surface area contributed by atoms with Crippen molar-refractivity contribution in [3.05, 3.63) is 59.2 Å². The largest absolute Gasteiger partial charge is 0.496 e. The van der Waals surface area contributed by atoms with Gasteiger partial charge in [0, 0.05) is 19.1 Å². The van der Waals surface area contributed by atoms with Crippen LogP contribution in [0.15, 0.2) is 47.4 Å². The molecule has 2 aromatic rings. The fourth-order valence-electron chi connectivity index (χ4n) is 4.11. The van der Waals surface area contributed by atoms with Gasteiger partial charge in [0.25, 0.3) is 5.91 Å². The molecule has 1 saturated heterocycles. The van der Waals surface area contributed by atoms with Crippen molar-refractivity contribution >= 4 is 15.9 Å². The third-order valence-corrected chi connectivity index (χ3v) is 7.75. The van der Waals surface area contributed by atoms with Gasteiger partial charge in [-0.1, -0.05) is 57.9 Å². The minimum Gasteiger partial charge on any atom is -0.496 e. The van der Waals surface area contributed by atoms with Crippen molar-refractivity contribution in [1.29, 1.82) is 0 Å². The van der Waals surface area contributed by atoms with Crippen molar-refractivity contribution in [2.24, 2.45) is 0 Å². The van der Waals surface area contributed by atoms with Gasteiger partial charge in [-0.05, 0) is 54.5 Å². The monoisotopic (exact) mass is 472 g/mol. The molecule has 180 valence electrons. The fraction of sp³-hybridized carbons (Fsp3) is 0.500. The first-order chi connectivity index (χ1) is 15.5. The standard InChI is InChI=1S/C26H36N2O4S/c1-19(20-10-12-21(13-11-20)26(2,3)4)27-33(30,31)22-14-15-24(32-5)23(18-22)25(29)28-16-8-6-7-9-17-28/h10-15,18-19,27H,6-9,16-17H2,1-5H3/t19-/m1/s1. The lowest BCUT2D eigenvalue weighted by atomic mass is 9.86. The molecule has 0 spiro atoms. The van der Waals surface area contributed by atoms with Gasteiger partial charge in [0.05, 0.1) is 17.6 Å². The summed E-state index contributed by atoms with van der Waals surface area (Å²) in [5.41, 5.74) is 2.37. The minimum atomic E-state index is -3.84. The zero-order valence-corrected chi connectivity index (χ0v) is 21.2. The Morgan fingerprint density at radius 1 is 1.00 bits per heavy atom. The molecule has 1 N–H and O–H groups in total. The Labute approximate surface area is 198 Å². The Morgan fingerprint density at radius 3 is 2.15 bits per heavy atom. The highest BCUT2D eigenvalue weighted by atomic mass is 32.2. The van der Waals surface area contributed by atoms with Gasteiger partial charge < -0.3 is 9.64 Å². The first kappa shape index (κ1) is 25.2. The van der Waals surface area contributed by atoms with Crippen LogP contribution in [0.5, 0.6) is 5.75 Å². The second-order valence-electron chi connectivity index (χ2n) is 9.78. The molecule has 7 heteroatoms. The van der Waals surface area contributed by atoms with E-state index in [1.807, 2.05) is 31.2 Å². The Kier molecular flexibility index (Phi) is 7.85. The van der Waals surface area contributed by atoms with Crippen LogP contribution in [0, 0.1) is 0 Å². The van der Waals surface area contributed by atoms with Crippen LogP contribution in [-0.4, -0.2) is 39.4 Å². The smallest absolute Gasteiger partial charge is 0.257 e. The zero-order valence-electron chi connectivity index (χ0n) is 20.3. The first-order valence-corrected chi connectivity index (χ1v) is 13.1. The Bertz CT molecular complexity index is 1060. The summed E-state index contributed by atoms with van der Waals surface area (Å²) < 4.78 is 34.5. The molecule has 6 nitrogen and oxygen atoms in total. The number of sulfonamides is 1. The molecule has 0 unspecified atom stereocenters. The van der Waals surface area contributed by atoms with Crippen LogP contribution < -0.4 is 9.46 Å². The molecule has 2 aromatic carbocycles. The average Bonchev–Trinajstić information content (AvgIpc) is 3.07. The number of carbonyl (C=O) groups is 1. The van der Waals surface area contributed by atoms with Crippen LogP contribution in [-0.2, 0) is 15.4 Å². The van der Waals surface area contributed by atoms with E-state index in [2.05, 4.69) is 25.5 Å². The number of rotatable bonds is 6. The number of likely N-dealkylation sites (tertiary alicyclic amines) is 1. The van der Waals surface area contributed by atoms with E-state index in [1.54, 1.807) is 11.0 Å².